The lowest BCUT2D eigenvalue weighted by Crippen LogP contribution is -2.02. The van der Waals surface area contributed by atoms with Crippen molar-refractivity contribution < 1.29 is 9.21 Å². The highest BCUT2D eigenvalue weighted by Gasteiger charge is 2.16. The minimum Gasteiger partial charge on any atom is -0.466 e. The summed E-state index contributed by atoms with van der Waals surface area (Å²) in [7, 11) is 0. The highest BCUT2D eigenvalue weighted by Crippen LogP contribution is 2.21. The van der Waals surface area contributed by atoms with Gasteiger partial charge in [-0.1, -0.05) is 15.9 Å². The summed E-state index contributed by atoms with van der Waals surface area (Å²) < 4.78 is 6.30. The predicted molar refractivity (Wildman–Crippen MR) is 70.5 cm³/mol. The summed E-state index contributed by atoms with van der Waals surface area (Å²) in [5.74, 6) is 1.44. The molecule has 2 nitrogen and oxygen atoms in total. The van der Waals surface area contributed by atoms with Crippen LogP contribution in [0.25, 0.3) is 0 Å². The van der Waals surface area contributed by atoms with Crippen molar-refractivity contribution in [2.45, 2.75) is 20.8 Å². The van der Waals surface area contributed by atoms with Crippen molar-refractivity contribution in [1.82, 2.24) is 0 Å². The summed E-state index contributed by atoms with van der Waals surface area (Å²) in [6.45, 7) is 5.62. The van der Waals surface area contributed by atoms with E-state index >= 15 is 0 Å². The van der Waals surface area contributed by atoms with E-state index in [1.54, 1.807) is 6.07 Å². The van der Waals surface area contributed by atoms with Crippen molar-refractivity contribution in [3.8, 4) is 0 Å². The molecule has 0 amide bonds. The number of hydrogen-bond donors (Lipinski definition) is 0. The molecular weight excluding hydrogens is 280 g/mol. The Morgan fingerprint density at radius 2 is 1.82 bits per heavy atom. The van der Waals surface area contributed by atoms with E-state index in [9.17, 15) is 4.79 Å². The van der Waals surface area contributed by atoms with Gasteiger partial charge in [-0.25, -0.2) is 0 Å². The van der Waals surface area contributed by atoms with Crippen molar-refractivity contribution in [1.29, 1.82) is 0 Å². The molecule has 0 saturated heterocycles. The summed E-state index contributed by atoms with van der Waals surface area (Å²) in [5, 5.41) is 0. The van der Waals surface area contributed by atoms with Gasteiger partial charge in [-0.3, -0.25) is 4.79 Å². The van der Waals surface area contributed by atoms with Crippen LogP contribution in [0.5, 0.6) is 0 Å². The van der Waals surface area contributed by atoms with Crippen molar-refractivity contribution in [3.63, 3.8) is 0 Å². The fourth-order valence-corrected chi connectivity index (χ4v) is 2.49. The number of hydrogen-bond acceptors (Lipinski definition) is 2. The van der Waals surface area contributed by atoms with Gasteiger partial charge < -0.3 is 4.42 Å². The maximum atomic E-state index is 12.3. The maximum absolute atomic E-state index is 12.3. The maximum Gasteiger partial charge on any atom is 0.196 e. The second-order valence-corrected chi connectivity index (χ2v) is 5.09. The molecule has 0 aliphatic heterocycles. The highest BCUT2D eigenvalue weighted by atomic mass is 79.9. The van der Waals surface area contributed by atoms with E-state index in [4.69, 9.17) is 4.42 Å². The van der Waals surface area contributed by atoms with Crippen molar-refractivity contribution in [3.05, 3.63) is 56.9 Å². The predicted octanol–water partition coefficient (Wildman–Crippen LogP) is 4.20. The van der Waals surface area contributed by atoms with Gasteiger partial charge in [-0.15, -0.1) is 0 Å². The molecule has 0 fully saturated rings. The Bertz CT molecular complexity index is 562. The molecule has 3 heteroatoms. The normalized spacial score (nSPS) is 10.6. The molecule has 17 heavy (non-hydrogen) atoms. The first-order valence-electron chi connectivity index (χ1n) is 5.36. The van der Waals surface area contributed by atoms with Gasteiger partial charge in [0.2, 0.25) is 0 Å². The Kier molecular flexibility index (Phi) is 3.20. The first kappa shape index (κ1) is 12.1. The zero-order valence-corrected chi connectivity index (χ0v) is 11.6. The van der Waals surface area contributed by atoms with E-state index in [0.29, 0.717) is 16.9 Å². The molecule has 0 saturated carbocycles. The third-order valence-corrected chi connectivity index (χ3v) is 3.05. The number of furan rings is 1. The fourth-order valence-electron chi connectivity index (χ4n) is 1.88. The Morgan fingerprint density at radius 1 is 1.12 bits per heavy atom. The summed E-state index contributed by atoms with van der Waals surface area (Å²) in [5.41, 5.74) is 2.38. The molecule has 0 radical (unpaired) electrons. The van der Waals surface area contributed by atoms with Gasteiger partial charge in [0, 0.05) is 10.0 Å². The van der Waals surface area contributed by atoms with Crippen molar-refractivity contribution in [2.75, 3.05) is 0 Å². The van der Waals surface area contributed by atoms with E-state index in [1.165, 1.54) is 0 Å². The topological polar surface area (TPSA) is 30.2 Å². The Balaban J connectivity index is 2.47. The summed E-state index contributed by atoms with van der Waals surface area (Å²) in [6, 6.07) is 7.48. The number of aryl methyl sites for hydroxylation is 3. The lowest BCUT2D eigenvalue weighted by atomic mass is 10.0. The van der Waals surface area contributed by atoms with Crippen LogP contribution in [0.1, 0.15) is 33.0 Å². The molecule has 0 N–H and O–H groups in total. The van der Waals surface area contributed by atoms with Crippen molar-refractivity contribution in [2.24, 2.45) is 0 Å². The van der Waals surface area contributed by atoms with Crippen LogP contribution < -0.4 is 0 Å². The average Bonchev–Trinajstić information content (AvgIpc) is 2.55. The third-order valence-electron chi connectivity index (χ3n) is 2.59. The van der Waals surface area contributed by atoms with Crippen LogP contribution in [0.2, 0.25) is 0 Å². The number of carbonyl (C=O) groups excluding carboxylic acids is 1. The molecule has 0 aliphatic carbocycles. The summed E-state index contributed by atoms with van der Waals surface area (Å²) in [4.78, 5) is 12.3. The molecule has 1 aromatic carbocycles. The Hall–Kier alpha value is -1.35. The monoisotopic (exact) mass is 292 g/mol. The number of rotatable bonds is 2. The first-order chi connectivity index (χ1) is 7.97. The number of ketones is 1. The minimum atomic E-state index is 0.00347. The molecule has 0 aliphatic rings. The van der Waals surface area contributed by atoms with Crippen LogP contribution in [-0.4, -0.2) is 5.78 Å². The third kappa shape index (κ3) is 2.50. The smallest absolute Gasteiger partial charge is 0.196 e. The van der Waals surface area contributed by atoms with E-state index in [1.807, 2.05) is 39.0 Å². The minimum absolute atomic E-state index is 0.00347. The molecule has 1 aromatic heterocycles. The van der Waals surface area contributed by atoms with Crippen LogP contribution in [0, 0.1) is 20.8 Å². The molecule has 0 unspecified atom stereocenters. The SMILES string of the molecule is Cc1cc(Br)cc(C(=O)c2cc(C)oc2C)c1. The number of carbonyl (C=O) groups is 1. The summed E-state index contributed by atoms with van der Waals surface area (Å²) in [6.07, 6.45) is 0. The number of benzene rings is 1. The Morgan fingerprint density at radius 3 is 2.35 bits per heavy atom. The zero-order chi connectivity index (χ0) is 12.6. The molecule has 0 spiro atoms. The summed E-state index contributed by atoms with van der Waals surface area (Å²) >= 11 is 3.40. The van der Waals surface area contributed by atoms with Crippen molar-refractivity contribution >= 4 is 21.7 Å². The van der Waals surface area contributed by atoms with E-state index < -0.39 is 0 Å². The van der Waals surface area contributed by atoms with Gasteiger partial charge in [0.25, 0.3) is 0 Å². The van der Waals surface area contributed by atoms with Crippen LogP contribution in [0.3, 0.4) is 0 Å². The van der Waals surface area contributed by atoms with Gasteiger partial charge >= 0.3 is 0 Å². The lowest BCUT2D eigenvalue weighted by molar-refractivity contribution is 0.103. The van der Waals surface area contributed by atoms with Crippen LogP contribution in [-0.2, 0) is 0 Å². The second-order valence-electron chi connectivity index (χ2n) is 4.17. The van der Waals surface area contributed by atoms with Gasteiger partial charge in [0.1, 0.15) is 11.5 Å². The van der Waals surface area contributed by atoms with E-state index in [2.05, 4.69) is 15.9 Å². The average molecular weight is 293 g/mol. The zero-order valence-electron chi connectivity index (χ0n) is 10.0. The van der Waals surface area contributed by atoms with Gasteiger partial charge in [0.15, 0.2) is 5.78 Å². The molecule has 2 rings (SSSR count). The fraction of sp³-hybridized carbons (Fsp3) is 0.214. The Labute approximate surface area is 109 Å². The molecule has 1 heterocycles. The molecule has 0 bridgehead atoms. The molecule has 0 atom stereocenters. The van der Waals surface area contributed by atoms with Gasteiger partial charge in [-0.2, -0.15) is 0 Å². The second kappa shape index (κ2) is 4.49. The molecular formula is C14H13BrO2. The number of halogens is 1. The first-order valence-corrected chi connectivity index (χ1v) is 6.15. The molecule has 88 valence electrons. The standard InChI is InChI=1S/C14H13BrO2/c1-8-4-11(7-12(15)5-8)14(16)13-6-9(2)17-10(13)3/h4-7H,1-3H3. The largest absolute Gasteiger partial charge is 0.466 e. The van der Waals surface area contributed by atoms with Crippen LogP contribution in [0.4, 0.5) is 0 Å². The lowest BCUT2D eigenvalue weighted by Gasteiger charge is -2.02. The van der Waals surface area contributed by atoms with Gasteiger partial charge in [0.05, 0.1) is 5.56 Å². The van der Waals surface area contributed by atoms with E-state index in [0.717, 1.165) is 15.8 Å². The quantitative estimate of drug-likeness (QED) is 0.777. The van der Waals surface area contributed by atoms with Gasteiger partial charge in [-0.05, 0) is 50.6 Å². The van der Waals surface area contributed by atoms with Crippen LogP contribution >= 0.6 is 15.9 Å². The van der Waals surface area contributed by atoms with E-state index in [-0.39, 0.29) is 5.78 Å². The molecule has 2 aromatic rings. The highest BCUT2D eigenvalue weighted by molar-refractivity contribution is 9.10. The van der Waals surface area contributed by atoms with Crippen LogP contribution in [0.15, 0.2) is 33.2 Å².